The van der Waals surface area contributed by atoms with Crippen LogP contribution in [0.5, 0.6) is 0 Å². The third-order valence-electron chi connectivity index (χ3n) is 3.30. The lowest BCUT2D eigenvalue weighted by Gasteiger charge is -2.15. The van der Waals surface area contributed by atoms with E-state index in [1.807, 2.05) is 18.2 Å². The zero-order valence-corrected chi connectivity index (χ0v) is 9.94. The lowest BCUT2D eigenvalue weighted by atomic mass is 10.00. The highest BCUT2D eigenvalue weighted by Crippen LogP contribution is 2.32. The average Bonchev–Trinajstić information content (AvgIpc) is 2.86. The van der Waals surface area contributed by atoms with Gasteiger partial charge in [0.05, 0.1) is 17.5 Å². The van der Waals surface area contributed by atoms with Crippen LogP contribution in [0.4, 0.5) is 5.69 Å². The van der Waals surface area contributed by atoms with Crippen LogP contribution in [0, 0.1) is 11.8 Å². The minimum absolute atomic E-state index is 0. The highest BCUT2D eigenvalue weighted by atomic mass is 35.5. The van der Waals surface area contributed by atoms with Crippen molar-refractivity contribution in [2.45, 2.75) is 0 Å². The molecule has 1 aromatic rings. The van der Waals surface area contributed by atoms with Gasteiger partial charge < -0.3 is 5.32 Å². The van der Waals surface area contributed by atoms with Crippen molar-refractivity contribution >= 4 is 29.9 Å². The van der Waals surface area contributed by atoms with Crippen LogP contribution in [-0.2, 0) is 9.59 Å². The van der Waals surface area contributed by atoms with E-state index in [4.69, 9.17) is 0 Å². The maximum Gasteiger partial charge on any atom is 0.239 e. The quantitative estimate of drug-likeness (QED) is 0.753. The summed E-state index contributed by atoms with van der Waals surface area (Å²) in [5, 5.41) is 3.09. The molecule has 0 aromatic heterocycles. The number of fused-ring (bicyclic) bond motifs is 1. The minimum atomic E-state index is -0.160. The lowest BCUT2D eigenvalue weighted by molar-refractivity contribution is -0.122. The van der Waals surface area contributed by atoms with Gasteiger partial charge in [-0.2, -0.15) is 0 Å². The molecule has 0 saturated carbocycles. The van der Waals surface area contributed by atoms with Gasteiger partial charge in [-0.25, -0.2) is 4.90 Å². The summed E-state index contributed by atoms with van der Waals surface area (Å²) in [7, 11) is 0. The summed E-state index contributed by atoms with van der Waals surface area (Å²) in [6.07, 6.45) is 0. The number of rotatable bonds is 1. The van der Waals surface area contributed by atoms with E-state index >= 15 is 0 Å². The topological polar surface area (TPSA) is 49.4 Å². The normalized spacial score (nSPS) is 26.9. The molecular formula is C12H13ClN2O2. The number of imide groups is 1. The first-order valence-electron chi connectivity index (χ1n) is 5.42. The molecule has 0 radical (unpaired) electrons. The predicted molar refractivity (Wildman–Crippen MR) is 66.0 cm³/mol. The van der Waals surface area contributed by atoms with Gasteiger partial charge in [0.25, 0.3) is 0 Å². The molecule has 1 aromatic carbocycles. The molecule has 5 heteroatoms. The van der Waals surface area contributed by atoms with E-state index in [9.17, 15) is 9.59 Å². The van der Waals surface area contributed by atoms with Crippen molar-refractivity contribution in [3.63, 3.8) is 0 Å². The zero-order chi connectivity index (χ0) is 11.1. The number of nitrogens with zero attached hydrogens (tertiary/aromatic N) is 1. The summed E-state index contributed by atoms with van der Waals surface area (Å²) >= 11 is 0. The second kappa shape index (κ2) is 4.47. The summed E-state index contributed by atoms with van der Waals surface area (Å²) in [6.45, 7) is 1.25. The van der Waals surface area contributed by atoms with Gasteiger partial charge in [0.15, 0.2) is 0 Å². The maximum atomic E-state index is 12.1. The van der Waals surface area contributed by atoms with Crippen molar-refractivity contribution in [3.8, 4) is 0 Å². The molecule has 2 aliphatic rings. The van der Waals surface area contributed by atoms with Crippen molar-refractivity contribution in [3.05, 3.63) is 30.3 Å². The number of amides is 2. The maximum absolute atomic E-state index is 12.1. The van der Waals surface area contributed by atoms with E-state index in [-0.39, 0.29) is 36.1 Å². The van der Waals surface area contributed by atoms with Gasteiger partial charge >= 0.3 is 0 Å². The first-order chi connectivity index (χ1) is 7.79. The van der Waals surface area contributed by atoms with Crippen molar-refractivity contribution < 1.29 is 9.59 Å². The molecule has 2 amide bonds. The lowest BCUT2D eigenvalue weighted by Crippen LogP contribution is -2.34. The fraction of sp³-hybridized carbons (Fsp3) is 0.333. The second-order valence-electron chi connectivity index (χ2n) is 4.22. The number of para-hydroxylation sites is 1. The fourth-order valence-corrected chi connectivity index (χ4v) is 2.47. The molecule has 1 N–H and O–H groups in total. The number of anilines is 1. The number of hydrogen-bond acceptors (Lipinski definition) is 3. The van der Waals surface area contributed by atoms with Crippen LogP contribution < -0.4 is 10.2 Å². The molecular weight excluding hydrogens is 240 g/mol. The van der Waals surface area contributed by atoms with Crippen molar-refractivity contribution in [1.82, 2.24) is 5.32 Å². The molecule has 0 spiro atoms. The molecule has 0 aliphatic carbocycles. The van der Waals surface area contributed by atoms with E-state index in [0.29, 0.717) is 18.8 Å². The SMILES string of the molecule is Cl.O=C1[C@H]2CNC[C@H]2C(=O)N1c1ccccc1. The van der Waals surface area contributed by atoms with E-state index in [2.05, 4.69) is 5.32 Å². The van der Waals surface area contributed by atoms with E-state index in [1.165, 1.54) is 4.90 Å². The molecule has 2 heterocycles. The number of carbonyl (C=O) groups is 2. The van der Waals surface area contributed by atoms with Crippen LogP contribution in [0.15, 0.2) is 30.3 Å². The van der Waals surface area contributed by atoms with Crippen LogP contribution in [0.25, 0.3) is 0 Å². The molecule has 0 bridgehead atoms. The molecule has 90 valence electrons. The Morgan fingerprint density at radius 3 is 2.06 bits per heavy atom. The first kappa shape index (κ1) is 12.1. The summed E-state index contributed by atoms with van der Waals surface area (Å²) in [5.74, 6) is -0.446. The highest BCUT2D eigenvalue weighted by molar-refractivity contribution is 6.22. The third-order valence-corrected chi connectivity index (χ3v) is 3.30. The Kier molecular flexibility index (Phi) is 3.17. The summed E-state index contributed by atoms with van der Waals surface area (Å²) in [5.41, 5.74) is 0.687. The fourth-order valence-electron chi connectivity index (χ4n) is 2.47. The number of hydrogen-bond donors (Lipinski definition) is 1. The third kappa shape index (κ3) is 1.73. The molecule has 2 fully saturated rings. The Hall–Kier alpha value is -1.39. The minimum Gasteiger partial charge on any atom is -0.315 e. The van der Waals surface area contributed by atoms with Crippen molar-refractivity contribution in [2.24, 2.45) is 11.8 Å². The Morgan fingerprint density at radius 2 is 1.53 bits per heavy atom. The second-order valence-corrected chi connectivity index (χ2v) is 4.22. The largest absolute Gasteiger partial charge is 0.315 e. The van der Waals surface area contributed by atoms with Crippen LogP contribution in [0.2, 0.25) is 0 Å². The van der Waals surface area contributed by atoms with Crippen LogP contribution in [0.3, 0.4) is 0 Å². The van der Waals surface area contributed by atoms with Crippen LogP contribution in [0.1, 0.15) is 0 Å². The number of halogens is 1. The van der Waals surface area contributed by atoms with E-state index in [0.717, 1.165) is 0 Å². The standard InChI is InChI=1S/C12H12N2O2.ClH/c15-11-9-6-13-7-10(9)12(16)14(11)8-4-2-1-3-5-8;/h1-5,9-10,13H,6-7H2;1H/t9-,10+;. The summed E-state index contributed by atoms with van der Waals surface area (Å²) < 4.78 is 0. The molecule has 4 nitrogen and oxygen atoms in total. The Bertz CT molecular complexity index is 427. The van der Waals surface area contributed by atoms with Crippen molar-refractivity contribution in [1.29, 1.82) is 0 Å². The molecule has 2 atom stereocenters. The van der Waals surface area contributed by atoms with Gasteiger partial charge in [-0.05, 0) is 12.1 Å². The van der Waals surface area contributed by atoms with Crippen LogP contribution >= 0.6 is 12.4 Å². The molecule has 0 unspecified atom stereocenters. The summed E-state index contributed by atoms with van der Waals surface area (Å²) in [6, 6.07) is 9.13. The van der Waals surface area contributed by atoms with Crippen molar-refractivity contribution in [2.75, 3.05) is 18.0 Å². The van der Waals surface area contributed by atoms with E-state index < -0.39 is 0 Å². The number of carbonyl (C=O) groups excluding carboxylic acids is 2. The highest BCUT2D eigenvalue weighted by Gasteiger charge is 2.50. The number of benzene rings is 1. The summed E-state index contributed by atoms with van der Waals surface area (Å²) in [4.78, 5) is 25.5. The van der Waals surface area contributed by atoms with Gasteiger partial charge in [0.2, 0.25) is 11.8 Å². The van der Waals surface area contributed by atoms with Gasteiger partial charge in [-0.15, -0.1) is 12.4 Å². The van der Waals surface area contributed by atoms with Gasteiger partial charge in [0.1, 0.15) is 0 Å². The molecule has 2 aliphatic heterocycles. The Morgan fingerprint density at radius 1 is 1.00 bits per heavy atom. The van der Waals surface area contributed by atoms with Gasteiger partial charge in [-0.3, -0.25) is 9.59 Å². The zero-order valence-electron chi connectivity index (χ0n) is 9.13. The smallest absolute Gasteiger partial charge is 0.239 e. The average molecular weight is 253 g/mol. The monoisotopic (exact) mass is 252 g/mol. The molecule has 3 rings (SSSR count). The van der Waals surface area contributed by atoms with Gasteiger partial charge in [-0.1, -0.05) is 18.2 Å². The predicted octanol–water partition coefficient (Wildman–Crippen LogP) is 0.817. The Balaban J connectivity index is 0.00000108. The Labute approximate surface area is 105 Å². The van der Waals surface area contributed by atoms with E-state index in [1.54, 1.807) is 12.1 Å². The number of nitrogens with one attached hydrogen (secondary N) is 1. The van der Waals surface area contributed by atoms with Gasteiger partial charge in [0, 0.05) is 13.1 Å². The van der Waals surface area contributed by atoms with Crippen LogP contribution in [-0.4, -0.2) is 24.9 Å². The first-order valence-corrected chi connectivity index (χ1v) is 5.42. The molecule has 17 heavy (non-hydrogen) atoms. The molecule has 2 saturated heterocycles.